The molecule has 6 rings (SSSR count). The van der Waals surface area contributed by atoms with E-state index in [2.05, 4.69) is 65.7 Å². The number of amides is 1. The lowest BCUT2D eigenvalue weighted by molar-refractivity contribution is -0.123. The summed E-state index contributed by atoms with van der Waals surface area (Å²) in [5.41, 5.74) is 6.47. The summed E-state index contributed by atoms with van der Waals surface area (Å²) in [6.45, 7) is 2.02. The maximum Gasteiger partial charge on any atom is 0.266 e. The molecule has 2 aliphatic rings. The highest BCUT2D eigenvalue weighted by molar-refractivity contribution is 8.26. The van der Waals surface area contributed by atoms with E-state index in [4.69, 9.17) is 17.3 Å². The monoisotopic (exact) mass is 545 g/mol. The molecule has 0 N–H and O–H groups in total. The molecule has 0 aromatic heterocycles. The second-order valence-corrected chi connectivity index (χ2v) is 11.3. The van der Waals surface area contributed by atoms with Crippen LogP contribution >= 0.6 is 24.0 Å². The summed E-state index contributed by atoms with van der Waals surface area (Å²) in [4.78, 5) is 15.7. The van der Waals surface area contributed by atoms with Gasteiger partial charge in [0.05, 0.1) is 28.4 Å². The van der Waals surface area contributed by atoms with Gasteiger partial charge in [0, 0.05) is 6.42 Å². The molecule has 4 aromatic carbocycles. The molecule has 1 fully saturated rings. The molecule has 1 amide bonds. The second-order valence-electron chi connectivity index (χ2n) is 9.62. The molecule has 0 radical (unpaired) electrons. The van der Waals surface area contributed by atoms with Crippen molar-refractivity contribution in [1.29, 1.82) is 0 Å². The lowest BCUT2D eigenvalue weighted by Crippen LogP contribution is -2.30. The number of thiocarbonyl (C=S) groups is 1. The third-order valence-corrected chi connectivity index (χ3v) is 8.48. The smallest absolute Gasteiger partial charge is 0.266 e. The first-order chi connectivity index (χ1) is 19.1. The minimum absolute atomic E-state index is 0.0498. The van der Waals surface area contributed by atoms with Crippen LogP contribution in [0.25, 0.3) is 6.08 Å². The van der Waals surface area contributed by atoms with Gasteiger partial charge in [-0.1, -0.05) is 127 Å². The fourth-order valence-electron chi connectivity index (χ4n) is 5.06. The molecule has 39 heavy (non-hydrogen) atoms. The van der Waals surface area contributed by atoms with Crippen molar-refractivity contribution in [2.45, 2.75) is 25.4 Å². The van der Waals surface area contributed by atoms with E-state index in [-0.39, 0.29) is 18.0 Å². The highest BCUT2D eigenvalue weighted by Crippen LogP contribution is 2.39. The van der Waals surface area contributed by atoms with Gasteiger partial charge >= 0.3 is 0 Å². The van der Waals surface area contributed by atoms with E-state index < -0.39 is 0 Å². The van der Waals surface area contributed by atoms with E-state index in [1.54, 1.807) is 4.90 Å². The molecule has 0 spiro atoms. The zero-order chi connectivity index (χ0) is 26.8. The zero-order valence-electron chi connectivity index (χ0n) is 21.5. The molecule has 0 saturated carbocycles. The maximum atomic E-state index is 13.3. The van der Waals surface area contributed by atoms with Crippen LogP contribution in [0.3, 0.4) is 0 Å². The Hall–Kier alpha value is -4.00. The van der Waals surface area contributed by atoms with Crippen molar-refractivity contribution in [3.8, 4) is 0 Å². The third-order valence-electron chi connectivity index (χ3n) is 7.15. The first-order valence-electron chi connectivity index (χ1n) is 13.0. The highest BCUT2D eigenvalue weighted by atomic mass is 32.2. The Morgan fingerprint density at radius 3 is 2.15 bits per heavy atom. The average molecular weight is 546 g/mol. The number of benzene rings is 4. The molecule has 6 heteroatoms. The minimum atomic E-state index is -0.117. The van der Waals surface area contributed by atoms with Crippen molar-refractivity contribution in [3.63, 3.8) is 0 Å². The number of carbonyl (C=O) groups is 1. The fraction of sp³-hybridized carbons (Fsp3) is 0.121. The number of nitrogens with zero attached hydrogens (tertiary/aromatic N) is 3. The van der Waals surface area contributed by atoms with Gasteiger partial charge in [0.15, 0.2) is 0 Å². The Morgan fingerprint density at radius 2 is 1.49 bits per heavy atom. The SMILES string of the molecule is CC(c1ccccc1)N1C(=O)C(=Cc2ccc(N3N=C(c4ccccc4)CC3c3ccccc3)cc2)SC1=S. The van der Waals surface area contributed by atoms with E-state index in [0.717, 1.165) is 34.5 Å². The van der Waals surface area contributed by atoms with E-state index in [9.17, 15) is 4.79 Å². The summed E-state index contributed by atoms with van der Waals surface area (Å²) in [7, 11) is 0. The van der Waals surface area contributed by atoms with Gasteiger partial charge in [0.2, 0.25) is 0 Å². The number of anilines is 1. The Bertz CT molecular complexity index is 1550. The molecular formula is C33H27N3OS2. The Kier molecular flexibility index (Phi) is 7.14. The minimum Gasteiger partial charge on any atom is -0.286 e. The zero-order valence-corrected chi connectivity index (χ0v) is 23.1. The van der Waals surface area contributed by atoms with Crippen molar-refractivity contribution in [1.82, 2.24) is 4.90 Å². The van der Waals surface area contributed by atoms with Gasteiger partial charge in [0.25, 0.3) is 5.91 Å². The Labute approximate surface area is 238 Å². The molecule has 2 atom stereocenters. The van der Waals surface area contributed by atoms with Gasteiger partial charge in [-0.15, -0.1) is 0 Å². The summed E-state index contributed by atoms with van der Waals surface area (Å²) < 4.78 is 0.588. The first kappa shape index (κ1) is 25.3. The quantitative estimate of drug-likeness (QED) is 0.182. The summed E-state index contributed by atoms with van der Waals surface area (Å²) in [5.74, 6) is -0.0498. The van der Waals surface area contributed by atoms with Gasteiger partial charge in [-0.3, -0.25) is 14.7 Å². The lowest BCUT2D eigenvalue weighted by atomic mass is 9.98. The molecule has 0 aliphatic carbocycles. The van der Waals surface area contributed by atoms with Crippen LogP contribution in [0.4, 0.5) is 5.69 Å². The topological polar surface area (TPSA) is 35.9 Å². The predicted molar refractivity (Wildman–Crippen MR) is 166 cm³/mol. The van der Waals surface area contributed by atoms with Crippen LogP contribution in [0.1, 0.15) is 47.7 Å². The molecule has 4 nitrogen and oxygen atoms in total. The normalized spacial score (nSPS) is 19.1. The first-order valence-corrected chi connectivity index (χ1v) is 14.2. The van der Waals surface area contributed by atoms with Crippen molar-refractivity contribution >= 4 is 51.7 Å². The second kappa shape index (κ2) is 11.0. The van der Waals surface area contributed by atoms with Gasteiger partial charge in [-0.25, -0.2) is 0 Å². The van der Waals surface area contributed by atoms with E-state index in [1.165, 1.54) is 17.3 Å². The summed E-state index contributed by atoms with van der Waals surface area (Å²) in [6, 6.07) is 39.1. The molecular weight excluding hydrogens is 519 g/mol. The number of rotatable bonds is 6. The largest absolute Gasteiger partial charge is 0.286 e. The molecule has 1 saturated heterocycles. The number of hydrogen-bond acceptors (Lipinski definition) is 5. The summed E-state index contributed by atoms with van der Waals surface area (Å²) in [6.07, 6.45) is 2.76. The van der Waals surface area contributed by atoms with Gasteiger partial charge in [0.1, 0.15) is 4.32 Å². The van der Waals surface area contributed by atoms with E-state index in [1.807, 2.05) is 67.6 Å². The number of carbonyl (C=O) groups excluding carboxylic acids is 1. The molecule has 2 unspecified atom stereocenters. The highest BCUT2D eigenvalue weighted by Gasteiger charge is 2.36. The van der Waals surface area contributed by atoms with Crippen LogP contribution in [0.2, 0.25) is 0 Å². The fourth-order valence-corrected chi connectivity index (χ4v) is 6.48. The Morgan fingerprint density at radius 1 is 0.872 bits per heavy atom. The van der Waals surface area contributed by atoms with Crippen molar-refractivity contribution in [2.24, 2.45) is 5.10 Å². The Balaban J connectivity index is 1.25. The van der Waals surface area contributed by atoms with Crippen molar-refractivity contribution in [2.75, 3.05) is 5.01 Å². The lowest BCUT2D eigenvalue weighted by Gasteiger charge is -2.24. The van der Waals surface area contributed by atoms with E-state index >= 15 is 0 Å². The van der Waals surface area contributed by atoms with Gasteiger partial charge in [-0.2, -0.15) is 5.10 Å². The molecule has 2 aliphatic heterocycles. The van der Waals surface area contributed by atoms with Gasteiger partial charge in [-0.05, 0) is 47.4 Å². The third kappa shape index (κ3) is 5.18. The number of hydrogen-bond donors (Lipinski definition) is 0. The summed E-state index contributed by atoms with van der Waals surface area (Å²) in [5, 5.41) is 7.17. The predicted octanol–water partition coefficient (Wildman–Crippen LogP) is 8.00. The van der Waals surface area contributed by atoms with Crippen LogP contribution in [-0.2, 0) is 4.79 Å². The van der Waals surface area contributed by atoms with Crippen LogP contribution < -0.4 is 5.01 Å². The van der Waals surface area contributed by atoms with Crippen LogP contribution in [0, 0.1) is 0 Å². The molecule has 2 heterocycles. The van der Waals surface area contributed by atoms with Crippen LogP contribution in [-0.4, -0.2) is 20.8 Å². The number of thioether (sulfide) groups is 1. The van der Waals surface area contributed by atoms with E-state index in [0.29, 0.717) is 9.23 Å². The molecule has 192 valence electrons. The standard InChI is InChI=1S/C33H27N3OS2/c1-23(25-11-5-2-6-12-25)35-32(37)31(39-33(35)38)21-24-17-19-28(20-18-24)36-30(27-15-9-4-10-16-27)22-29(34-36)26-13-7-3-8-14-26/h2-21,23,30H,22H2,1H3. The maximum absolute atomic E-state index is 13.3. The molecule has 0 bridgehead atoms. The van der Waals surface area contributed by atoms with Crippen LogP contribution in [0.15, 0.2) is 125 Å². The van der Waals surface area contributed by atoms with Crippen molar-refractivity contribution in [3.05, 3.63) is 142 Å². The van der Waals surface area contributed by atoms with Crippen molar-refractivity contribution < 1.29 is 4.79 Å². The molecule has 4 aromatic rings. The van der Waals surface area contributed by atoms with Crippen LogP contribution in [0.5, 0.6) is 0 Å². The van der Waals surface area contributed by atoms with Gasteiger partial charge < -0.3 is 0 Å². The number of hydrazone groups is 1. The summed E-state index contributed by atoms with van der Waals surface area (Å²) >= 11 is 6.96. The average Bonchev–Trinajstić information content (AvgIpc) is 3.55.